The van der Waals surface area contributed by atoms with Crippen molar-refractivity contribution >= 4 is 5.91 Å². The minimum Gasteiger partial charge on any atom is -0.494 e. The SMILES string of the molecule is CCOc1cccc(C(=O)NCC2(O)CCCC2)c1. The molecule has 0 saturated heterocycles. The maximum absolute atomic E-state index is 12.0. The lowest BCUT2D eigenvalue weighted by molar-refractivity contribution is 0.0449. The van der Waals surface area contributed by atoms with Crippen LogP contribution in [0.1, 0.15) is 43.0 Å². The number of hydrogen-bond donors (Lipinski definition) is 2. The number of aliphatic hydroxyl groups is 1. The van der Waals surface area contributed by atoms with E-state index in [4.69, 9.17) is 4.74 Å². The lowest BCUT2D eigenvalue weighted by Gasteiger charge is -2.22. The summed E-state index contributed by atoms with van der Waals surface area (Å²) < 4.78 is 5.37. The average molecular weight is 263 g/mol. The molecule has 0 aliphatic heterocycles. The smallest absolute Gasteiger partial charge is 0.251 e. The largest absolute Gasteiger partial charge is 0.494 e. The summed E-state index contributed by atoms with van der Waals surface area (Å²) in [6.45, 7) is 2.80. The molecule has 1 aromatic carbocycles. The van der Waals surface area contributed by atoms with Crippen LogP contribution in [0.15, 0.2) is 24.3 Å². The summed E-state index contributed by atoms with van der Waals surface area (Å²) in [6.07, 6.45) is 3.61. The number of ether oxygens (including phenoxy) is 1. The molecule has 0 heterocycles. The number of benzene rings is 1. The number of rotatable bonds is 5. The number of hydrogen-bond acceptors (Lipinski definition) is 3. The van der Waals surface area contributed by atoms with Crippen LogP contribution in [0, 0.1) is 0 Å². The highest BCUT2D eigenvalue weighted by Gasteiger charge is 2.31. The van der Waals surface area contributed by atoms with E-state index >= 15 is 0 Å². The molecule has 0 spiro atoms. The van der Waals surface area contributed by atoms with Crippen LogP contribution >= 0.6 is 0 Å². The molecule has 0 unspecified atom stereocenters. The Kier molecular flexibility index (Phi) is 4.43. The van der Waals surface area contributed by atoms with Crippen molar-refractivity contribution in [2.75, 3.05) is 13.2 Å². The number of carbonyl (C=O) groups is 1. The van der Waals surface area contributed by atoms with E-state index in [0.29, 0.717) is 24.5 Å². The van der Waals surface area contributed by atoms with E-state index in [1.807, 2.05) is 13.0 Å². The van der Waals surface area contributed by atoms with Gasteiger partial charge in [0.05, 0.1) is 12.2 Å². The molecule has 1 aromatic rings. The highest BCUT2D eigenvalue weighted by Crippen LogP contribution is 2.28. The Morgan fingerprint density at radius 1 is 1.42 bits per heavy atom. The van der Waals surface area contributed by atoms with Crippen LogP contribution in [0.5, 0.6) is 5.75 Å². The predicted molar refractivity (Wildman–Crippen MR) is 73.4 cm³/mol. The fraction of sp³-hybridized carbons (Fsp3) is 0.533. The third-order valence-corrected chi connectivity index (χ3v) is 3.52. The summed E-state index contributed by atoms with van der Waals surface area (Å²) in [5, 5.41) is 13.0. The quantitative estimate of drug-likeness (QED) is 0.855. The average Bonchev–Trinajstić information content (AvgIpc) is 2.84. The van der Waals surface area contributed by atoms with Crippen molar-refractivity contribution in [2.45, 2.75) is 38.2 Å². The van der Waals surface area contributed by atoms with Crippen molar-refractivity contribution in [3.05, 3.63) is 29.8 Å². The van der Waals surface area contributed by atoms with Crippen LogP contribution < -0.4 is 10.1 Å². The van der Waals surface area contributed by atoms with Gasteiger partial charge in [-0.3, -0.25) is 4.79 Å². The molecular formula is C15H21NO3. The van der Waals surface area contributed by atoms with Gasteiger partial charge in [0.25, 0.3) is 5.91 Å². The van der Waals surface area contributed by atoms with Crippen LogP contribution in [0.25, 0.3) is 0 Å². The summed E-state index contributed by atoms with van der Waals surface area (Å²) in [6, 6.07) is 7.09. The first-order chi connectivity index (χ1) is 9.13. The van der Waals surface area contributed by atoms with E-state index in [1.165, 1.54) is 0 Å². The van der Waals surface area contributed by atoms with E-state index in [0.717, 1.165) is 25.7 Å². The molecule has 0 aromatic heterocycles. The standard InChI is InChI=1S/C15H21NO3/c1-2-19-13-7-5-6-12(10-13)14(17)16-11-15(18)8-3-4-9-15/h5-7,10,18H,2-4,8-9,11H2,1H3,(H,16,17). The highest BCUT2D eigenvalue weighted by atomic mass is 16.5. The molecule has 1 amide bonds. The summed E-state index contributed by atoms with van der Waals surface area (Å²) in [5.74, 6) is 0.525. The maximum Gasteiger partial charge on any atom is 0.251 e. The molecule has 19 heavy (non-hydrogen) atoms. The van der Waals surface area contributed by atoms with Gasteiger partial charge >= 0.3 is 0 Å². The Hall–Kier alpha value is -1.55. The molecule has 1 aliphatic rings. The van der Waals surface area contributed by atoms with Gasteiger partial charge in [0.1, 0.15) is 5.75 Å². The van der Waals surface area contributed by atoms with Gasteiger partial charge in [0, 0.05) is 12.1 Å². The predicted octanol–water partition coefficient (Wildman–Crippen LogP) is 2.12. The van der Waals surface area contributed by atoms with Crippen molar-refractivity contribution in [1.29, 1.82) is 0 Å². The van der Waals surface area contributed by atoms with Crippen molar-refractivity contribution in [1.82, 2.24) is 5.32 Å². The molecule has 4 nitrogen and oxygen atoms in total. The van der Waals surface area contributed by atoms with Gasteiger partial charge in [-0.25, -0.2) is 0 Å². The molecular weight excluding hydrogens is 242 g/mol. The van der Waals surface area contributed by atoms with E-state index in [1.54, 1.807) is 18.2 Å². The lowest BCUT2D eigenvalue weighted by atomic mass is 10.0. The molecule has 0 atom stereocenters. The summed E-state index contributed by atoms with van der Waals surface area (Å²) in [4.78, 5) is 12.0. The fourth-order valence-electron chi connectivity index (χ4n) is 2.45. The molecule has 2 rings (SSSR count). The Morgan fingerprint density at radius 2 is 2.16 bits per heavy atom. The first-order valence-corrected chi connectivity index (χ1v) is 6.86. The summed E-state index contributed by atoms with van der Waals surface area (Å²) in [7, 11) is 0. The Balaban J connectivity index is 1.93. The van der Waals surface area contributed by atoms with Gasteiger partial charge in [-0.2, -0.15) is 0 Å². The second kappa shape index (κ2) is 6.06. The Bertz CT molecular complexity index is 439. The molecule has 0 radical (unpaired) electrons. The summed E-state index contributed by atoms with van der Waals surface area (Å²) >= 11 is 0. The molecule has 2 N–H and O–H groups in total. The number of nitrogens with one attached hydrogen (secondary N) is 1. The van der Waals surface area contributed by atoms with Gasteiger partial charge in [-0.1, -0.05) is 18.9 Å². The molecule has 1 fully saturated rings. The molecule has 1 aliphatic carbocycles. The number of carbonyl (C=O) groups excluding carboxylic acids is 1. The summed E-state index contributed by atoms with van der Waals surface area (Å²) in [5.41, 5.74) is -0.153. The molecule has 104 valence electrons. The second-order valence-electron chi connectivity index (χ2n) is 5.07. The Morgan fingerprint density at radius 3 is 2.84 bits per heavy atom. The zero-order valence-electron chi connectivity index (χ0n) is 11.3. The zero-order chi connectivity index (χ0) is 13.7. The van der Waals surface area contributed by atoms with Crippen LogP contribution in [0.3, 0.4) is 0 Å². The van der Waals surface area contributed by atoms with E-state index in [9.17, 15) is 9.90 Å². The highest BCUT2D eigenvalue weighted by molar-refractivity contribution is 5.94. The fourth-order valence-corrected chi connectivity index (χ4v) is 2.45. The van der Waals surface area contributed by atoms with Crippen LogP contribution in [-0.4, -0.2) is 29.8 Å². The maximum atomic E-state index is 12.0. The first kappa shape index (κ1) is 13.9. The van der Waals surface area contributed by atoms with Crippen molar-refractivity contribution in [2.24, 2.45) is 0 Å². The van der Waals surface area contributed by atoms with Crippen molar-refractivity contribution in [3.8, 4) is 5.75 Å². The van der Waals surface area contributed by atoms with Crippen molar-refractivity contribution in [3.63, 3.8) is 0 Å². The van der Waals surface area contributed by atoms with E-state index < -0.39 is 5.60 Å². The first-order valence-electron chi connectivity index (χ1n) is 6.86. The van der Waals surface area contributed by atoms with Crippen molar-refractivity contribution < 1.29 is 14.6 Å². The van der Waals surface area contributed by atoms with Gasteiger partial charge in [0.2, 0.25) is 0 Å². The van der Waals surface area contributed by atoms with Gasteiger partial charge < -0.3 is 15.2 Å². The second-order valence-corrected chi connectivity index (χ2v) is 5.07. The van der Waals surface area contributed by atoms with Gasteiger partial charge in [-0.15, -0.1) is 0 Å². The zero-order valence-corrected chi connectivity index (χ0v) is 11.3. The van der Waals surface area contributed by atoms with Gasteiger partial charge in [0.15, 0.2) is 0 Å². The third kappa shape index (κ3) is 3.70. The van der Waals surface area contributed by atoms with Crippen LogP contribution in [0.4, 0.5) is 0 Å². The Labute approximate surface area is 113 Å². The third-order valence-electron chi connectivity index (χ3n) is 3.52. The van der Waals surface area contributed by atoms with E-state index in [2.05, 4.69) is 5.32 Å². The number of amides is 1. The van der Waals surface area contributed by atoms with E-state index in [-0.39, 0.29) is 5.91 Å². The molecule has 1 saturated carbocycles. The molecule has 4 heteroatoms. The molecule has 0 bridgehead atoms. The topological polar surface area (TPSA) is 58.6 Å². The normalized spacial score (nSPS) is 17.2. The van der Waals surface area contributed by atoms with Crippen LogP contribution in [0.2, 0.25) is 0 Å². The minimum atomic E-state index is -0.715. The van der Waals surface area contributed by atoms with Crippen LogP contribution in [-0.2, 0) is 0 Å². The minimum absolute atomic E-state index is 0.165. The monoisotopic (exact) mass is 263 g/mol. The van der Waals surface area contributed by atoms with Gasteiger partial charge in [-0.05, 0) is 38.0 Å². The lowest BCUT2D eigenvalue weighted by Crippen LogP contribution is -2.40.